The van der Waals surface area contributed by atoms with Crippen LogP contribution in [-0.2, 0) is 9.53 Å². The Morgan fingerprint density at radius 1 is 1.59 bits per heavy atom. The summed E-state index contributed by atoms with van der Waals surface area (Å²) in [6, 6.07) is 0. The van der Waals surface area contributed by atoms with Gasteiger partial charge in [-0.25, -0.2) is 4.98 Å². The first-order valence-corrected chi connectivity index (χ1v) is 5.61. The zero-order valence-corrected chi connectivity index (χ0v) is 10.5. The fourth-order valence-electron chi connectivity index (χ4n) is 1.29. The highest BCUT2D eigenvalue weighted by molar-refractivity contribution is 6.32. The van der Waals surface area contributed by atoms with E-state index in [9.17, 15) is 9.59 Å². The van der Waals surface area contributed by atoms with Crippen LogP contribution in [0.25, 0.3) is 0 Å². The zero-order chi connectivity index (χ0) is 12.8. The summed E-state index contributed by atoms with van der Waals surface area (Å²) < 4.78 is 4.83. The smallest absolute Gasteiger partial charge is 0.325 e. The minimum Gasteiger partial charge on any atom is -0.465 e. The maximum atomic E-state index is 11.4. The van der Waals surface area contributed by atoms with Gasteiger partial charge in [-0.1, -0.05) is 11.6 Å². The number of carbonyl (C=O) groups excluding carboxylic acids is 1. The van der Waals surface area contributed by atoms with Gasteiger partial charge in [0.2, 0.25) is 0 Å². The number of aromatic amines is 1. The predicted molar refractivity (Wildman–Crippen MR) is 64.4 cm³/mol. The van der Waals surface area contributed by atoms with Gasteiger partial charge in [0.05, 0.1) is 12.9 Å². The summed E-state index contributed by atoms with van der Waals surface area (Å²) in [5.41, 5.74) is -0.432. The number of ether oxygens (including phenoxy) is 1. The highest BCUT2D eigenvalue weighted by atomic mass is 35.5. The first-order valence-electron chi connectivity index (χ1n) is 5.23. The Bertz CT molecular complexity index is 447. The van der Waals surface area contributed by atoms with Gasteiger partial charge in [-0.2, -0.15) is 0 Å². The number of hydrogen-bond donors (Lipinski definition) is 1. The standard InChI is InChI=1S/C10H14ClN3O3/c1-3-14(5-7(15)17-4-2)9-8(11)10(16)13-6-12-9/h6H,3-5H2,1-2H3,(H,12,13,16). The van der Waals surface area contributed by atoms with Crippen LogP contribution in [0.1, 0.15) is 13.8 Å². The first kappa shape index (κ1) is 13.5. The van der Waals surface area contributed by atoms with Gasteiger partial charge in [0.15, 0.2) is 5.82 Å². The predicted octanol–water partition coefficient (Wildman–Crippen LogP) is 0.813. The Morgan fingerprint density at radius 3 is 2.88 bits per heavy atom. The summed E-state index contributed by atoms with van der Waals surface area (Å²) in [7, 11) is 0. The minimum atomic E-state index is -0.432. The lowest BCUT2D eigenvalue weighted by Gasteiger charge is -2.20. The van der Waals surface area contributed by atoms with Gasteiger partial charge < -0.3 is 14.6 Å². The maximum Gasteiger partial charge on any atom is 0.325 e. The molecule has 7 heteroatoms. The van der Waals surface area contributed by atoms with Crippen LogP contribution in [0.4, 0.5) is 5.82 Å². The van der Waals surface area contributed by atoms with Crippen molar-refractivity contribution >= 4 is 23.4 Å². The maximum absolute atomic E-state index is 11.4. The van der Waals surface area contributed by atoms with Gasteiger partial charge >= 0.3 is 5.97 Å². The van der Waals surface area contributed by atoms with E-state index in [1.165, 1.54) is 6.33 Å². The Morgan fingerprint density at radius 2 is 2.29 bits per heavy atom. The molecule has 0 saturated heterocycles. The van der Waals surface area contributed by atoms with Crippen molar-refractivity contribution in [2.45, 2.75) is 13.8 Å². The molecule has 1 heterocycles. The molecule has 0 unspecified atom stereocenters. The number of aromatic nitrogens is 2. The van der Waals surface area contributed by atoms with Crippen molar-refractivity contribution in [1.29, 1.82) is 0 Å². The van der Waals surface area contributed by atoms with E-state index >= 15 is 0 Å². The number of nitrogens with zero attached hydrogens (tertiary/aromatic N) is 2. The van der Waals surface area contributed by atoms with Crippen molar-refractivity contribution in [3.63, 3.8) is 0 Å². The van der Waals surface area contributed by atoms with E-state index in [1.54, 1.807) is 11.8 Å². The number of anilines is 1. The second-order valence-electron chi connectivity index (χ2n) is 3.19. The van der Waals surface area contributed by atoms with Crippen molar-refractivity contribution in [1.82, 2.24) is 9.97 Å². The number of esters is 1. The molecule has 17 heavy (non-hydrogen) atoms. The fraction of sp³-hybridized carbons (Fsp3) is 0.500. The summed E-state index contributed by atoms with van der Waals surface area (Å²) in [5, 5.41) is -0.0290. The van der Waals surface area contributed by atoms with Gasteiger partial charge in [-0.15, -0.1) is 0 Å². The molecule has 1 aromatic rings. The van der Waals surface area contributed by atoms with Gasteiger partial charge in [0, 0.05) is 6.54 Å². The first-order chi connectivity index (χ1) is 8.10. The number of rotatable bonds is 5. The van der Waals surface area contributed by atoms with E-state index < -0.39 is 5.56 Å². The third kappa shape index (κ3) is 3.45. The third-order valence-corrected chi connectivity index (χ3v) is 2.43. The molecule has 0 aliphatic carbocycles. The van der Waals surface area contributed by atoms with E-state index in [0.29, 0.717) is 13.2 Å². The molecular weight excluding hydrogens is 246 g/mol. The van der Waals surface area contributed by atoms with Crippen LogP contribution in [0.15, 0.2) is 11.1 Å². The summed E-state index contributed by atoms with van der Waals surface area (Å²) in [6.45, 7) is 4.38. The highest BCUT2D eigenvalue weighted by Crippen LogP contribution is 2.17. The van der Waals surface area contributed by atoms with Gasteiger partial charge in [-0.3, -0.25) is 9.59 Å². The molecular formula is C10H14ClN3O3. The summed E-state index contributed by atoms with van der Waals surface area (Å²) >= 11 is 5.83. The number of likely N-dealkylation sites (N-methyl/N-ethyl adjacent to an activating group) is 1. The average molecular weight is 260 g/mol. The molecule has 0 radical (unpaired) electrons. The summed E-state index contributed by atoms with van der Waals surface area (Å²) in [6.07, 6.45) is 1.25. The number of halogens is 1. The Hall–Kier alpha value is -1.56. The Kier molecular flexibility index (Phi) is 4.96. The lowest BCUT2D eigenvalue weighted by Crippen LogP contribution is -2.32. The lowest BCUT2D eigenvalue weighted by atomic mass is 10.4. The number of carbonyl (C=O) groups is 1. The van der Waals surface area contributed by atoms with Crippen molar-refractivity contribution in [2.75, 3.05) is 24.6 Å². The molecule has 0 spiro atoms. The second-order valence-corrected chi connectivity index (χ2v) is 3.57. The third-order valence-electron chi connectivity index (χ3n) is 2.08. The Labute approximate surface area is 104 Å². The van der Waals surface area contributed by atoms with Gasteiger partial charge in [0.25, 0.3) is 5.56 Å². The van der Waals surface area contributed by atoms with Crippen LogP contribution in [0.2, 0.25) is 5.02 Å². The molecule has 94 valence electrons. The van der Waals surface area contributed by atoms with E-state index in [0.717, 1.165) is 0 Å². The fourth-order valence-corrected chi connectivity index (χ4v) is 1.52. The summed E-state index contributed by atoms with van der Waals surface area (Å²) in [4.78, 5) is 30.6. The molecule has 0 saturated carbocycles. The number of H-pyrrole nitrogens is 1. The van der Waals surface area contributed by atoms with Crippen LogP contribution in [0.5, 0.6) is 0 Å². The molecule has 6 nitrogen and oxygen atoms in total. The average Bonchev–Trinajstić information content (AvgIpc) is 2.30. The zero-order valence-electron chi connectivity index (χ0n) is 9.70. The lowest BCUT2D eigenvalue weighted by molar-refractivity contribution is -0.141. The van der Waals surface area contributed by atoms with Crippen LogP contribution in [0.3, 0.4) is 0 Å². The number of hydrogen-bond acceptors (Lipinski definition) is 5. The molecule has 0 aliphatic rings. The monoisotopic (exact) mass is 259 g/mol. The molecule has 0 amide bonds. The second kappa shape index (κ2) is 6.24. The number of nitrogens with one attached hydrogen (secondary N) is 1. The molecule has 0 fully saturated rings. The van der Waals surface area contributed by atoms with Crippen LogP contribution < -0.4 is 10.5 Å². The van der Waals surface area contributed by atoms with E-state index in [2.05, 4.69) is 9.97 Å². The molecule has 0 aliphatic heterocycles. The van der Waals surface area contributed by atoms with E-state index in [1.807, 2.05) is 6.92 Å². The van der Waals surface area contributed by atoms with E-state index in [4.69, 9.17) is 16.3 Å². The SMILES string of the molecule is CCOC(=O)CN(CC)c1nc[nH]c(=O)c1Cl. The van der Waals surface area contributed by atoms with Gasteiger partial charge in [0.1, 0.15) is 11.6 Å². The van der Waals surface area contributed by atoms with Crippen molar-refractivity contribution in [3.05, 3.63) is 21.7 Å². The van der Waals surface area contributed by atoms with Crippen LogP contribution in [0, 0.1) is 0 Å². The van der Waals surface area contributed by atoms with Crippen LogP contribution in [-0.4, -0.2) is 35.6 Å². The van der Waals surface area contributed by atoms with E-state index in [-0.39, 0.29) is 23.4 Å². The molecule has 1 aromatic heterocycles. The van der Waals surface area contributed by atoms with Crippen molar-refractivity contribution < 1.29 is 9.53 Å². The Balaban J connectivity index is 2.90. The van der Waals surface area contributed by atoms with Crippen molar-refractivity contribution in [3.8, 4) is 0 Å². The van der Waals surface area contributed by atoms with Gasteiger partial charge in [-0.05, 0) is 13.8 Å². The highest BCUT2D eigenvalue weighted by Gasteiger charge is 2.16. The molecule has 0 aromatic carbocycles. The summed E-state index contributed by atoms with van der Waals surface area (Å²) in [5.74, 6) is -0.0986. The quantitative estimate of drug-likeness (QED) is 0.792. The molecule has 1 N–H and O–H groups in total. The molecule has 0 atom stereocenters. The minimum absolute atomic E-state index is 0.0144. The largest absolute Gasteiger partial charge is 0.465 e. The topological polar surface area (TPSA) is 75.3 Å². The van der Waals surface area contributed by atoms with Crippen LogP contribution >= 0.6 is 11.6 Å². The molecule has 1 rings (SSSR count). The molecule has 0 bridgehead atoms. The van der Waals surface area contributed by atoms with Crippen molar-refractivity contribution in [2.24, 2.45) is 0 Å². The normalized spacial score (nSPS) is 10.1.